The van der Waals surface area contributed by atoms with E-state index in [9.17, 15) is 30.0 Å². The SMILES string of the molecule is CCC(O)C(C)C1OC1CC(C)(O)/C=C/C=C(\C)C1OC(=O)CC(O)CCC(C)(O)C(OC(=O)N2C[C@H]3C[C@@H]2CN3C)/C=C/C1C. The van der Waals surface area contributed by atoms with Crippen LogP contribution in [0.5, 0.6) is 0 Å². The highest BCUT2D eigenvalue weighted by atomic mass is 16.6. The molecule has 11 nitrogen and oxygen atoms in total. The average Bonchev–Trinajstić information content (AvgIpc) is 3.44. The lowest BCUT2D eigenvalue weighted by Gasteiger charge is -2.36. The highest BCUT2D eigenvalue weighted by Crippen LogP contribution is 2.38. The predicted octanol–water partition coefficient (Wildman–Crippen LogP) is 3.10. The zero-order valence-electron chi connectivity index (χ0n) is 28.5. The van der Waals surface area contributed by atoms with Crippen molar-refractivity contribution in [1.29, 1.82) is 0 Å². The molecule has 1 amide bonds. The summed E-state index contributed by atoms with van der Waals surface area (Å²) in [6.45, 7) is 12.2. The molecule has 0 aliphatic carbocycles. The van der Waals surface area contributed by atoms with Crippen LogP contribution in [0, 0.1) is 11.8 Å². The van der Waals surface area contributed by atoms with Gasteiger partial charge in [0.05, 0.1) is 36.4 Å². The Labute approximate surface area is 273 Å². The van der Waals surface area contributed by atoms with E-state index in [1.54, 1.807) is 49.1 Å². The number of nitrogens with zero attached hydrogens (tertiary/aromatic N) is 2. The number of ether oxygens (including phenoxy) is 3. The Morgan fingerprint density at radius 3 is 2.63 bits per heavy atom. The molecule has 0 spiro atoms. The molecule has 0 aromatic heterocycles. The van der Waals surface area contributed by atoms with Gasteiger partial charge in [-0.3, -0.25) is 9.69 Å². The summed E-state index contributed by atoms with van der Waals surface area (Å²) >= 11 is 0. The minimum atomic E-state index is -1.48. The van der Waals surface area contributed by atoms with Crippen LogP contribution in [0.4, 0.5) is 4.79 Å². The number of piperazine rings is 1. The van der Waals surface area contributed by atoms with Crippen LogP contribution in [0.1, 0.15) is 80.1 Å². The maximum atomic E-state index is 13.3. The van der Waals surface area contributed by atoms with E-state index in [0.717, 1.165) is 13.0 Å². The fourth-order valence-electron chi connectivity index (χ4n) is 7.07. The van der Waals surface area contributed by atoms with Crippen molar-refractivity contribution in [2.75, 3.05) is 20.1 Å². The molecule has 0 radical (unpaired) electrons. The van der Waals surface area contributed by atoms with Crippen LogP contribution < -0.4 is 0 Å². The number of hydrogen-bond acceptors (Lipinski definition) is 10. The quantitative estimate of drug-likeness (QED) is 0.127. The van der Waals surface area contributed by atoms with Gasteiger partial charge < -0.3 is 39.5 Å². The second kappa shape index (κ2) is 14.9. The van der Waals surface area contributed by atoms with Crippen molar-refractivity contribution in [3.63, 3.8) is 0 Å². The molecule has 0 saturated carbocycles. The molecule has 4 heterocycles. The fraction of sp³-hybridized carbons (Fsp3) is 0.771. The van der Waals surface area contributed by atoms with E-state index in [1.807, 2.05) is 27.7 Å². The first-order valence-electron chi connectivity index (χ1n) is 16.9. The van der Waals surface area contributed by atoms with Gasteiger partial charge in [0.2, 0.25) is 0 Å². The summed E-state index contributed by atoms with van der Waals surface area (Å²) in [5.41, 5.74) is -1.92. The van der Waals surface area contributed by atoms with Gasteiger partial charge in [0.15, 0.2) is 6.10 Å². The molecule has 4 N–H and O–H groups in total. The molecule has 12 atom stereocenters. The maximum absolute atomic E-state index is 13.3. The third-order valence-corrected chi connectivity index (χ3v) is 10.3. The van der Waals surface area contributed by atoms with Crippen LogP contribution >= 0.6 is 0 Å². The van der Waals surface area contributed by atoms with E-state index in [2.05, 4.69) is 11.9 Å². The van der Waals surface area contributed by atoms with Crippen LogP contribution in [0.25, 0.3) is 0 Å². The maximum Gasteiger partial charge on any atom is 0.410 e. The molecule has 4 aliphatic rings. The molecule has 3 saturated heterocycles. The molecule has 0 aromatic rings. The van der Waals surface area contributed by atoms with E-state index < -0.39 is 47.7 Å². The average molecular weight is 649 g/mol. The van der Waals surface area contributed by atoms with Gasteiger partial charge in [-0.2, -0.15) is 0 Å². The van der Waals surface area contributed by atoms with Crippen molar-refractivity contribution in [3.8, 4) is 0 Å². The molecule has 46 heavy (non-hydrogen) atoms. The van der Waals surface area contributed by atoms with Gasteiger partial charge in [-0.1, -0.05) is 45.1 Å². The lowest BCUT2D eigenvalue weighted by atomic mass is 9.88. The number of carbonyl (C=O) groups excluding carboxylic acids is 2. The Morgan fingerprint density at radius 2 is 2.00 bits per heavy atom. The largest absolute Gasteiger partial charge is 0.457 e. The molecule has 4 aliphatic heterocycles. The molecule has 0 aromatic carbocycles. The number of likely N-dealkylation sites (tertiary alicyclic amines) is 2. The second-order valence-corrected chi connectivity index (χ2v) is 14.7. The van der Waals surface area contributed by atoms with Gasteiger partial charge in [-0.15, -0.1) is 0 Å². The molecular formula is C35H56N2O9. The van der Waals surface area contributed by atoms with Gasteiger partial charge in [-0.05, 0) is 65.2 Å². The van der Waals surface area contributed by atoms with Crippen LogP contribution in [-0.4, -0.2) is 122 Å². The molecule has 4 rings (SSSR count). The summed E-state index contributed by atoms with van der Waals surface area (Å²) < 4.78 is 17.5. The van der Waals surface area contributed by atoms with Gasteiger partial charge >= 0.3 is 12.1 Å². The first-order valence-corrected chi connectivity index (χ1v) is 16.9. The fourth-order valence-corrected chi connectivity index (χ4v) is 7.07. The van der Waals surface area contributed by atoms with E-state index >= 15 is 0 Å². The number of aliphatic hydroxyl groups is 4. The number of epoxide rings is 1. The minimum absolute atomic E-state index is 0.00933. The number of carbonyl (C=O) groups is 2. The zero-order valence-corrected chi connectivity index (χ0v) is 28.5. The lowest BCUT2D eigenvalue weighted by Crippen LogP contribution is -2.50. The number of hydrogen-bond donors (Lipinski definition) is 4. The number of cyclic esters (lactones) is 1. The summed E-state index contributed by atoms with van der Waals surface area (Å²) in [6.07, 6.45) is 6.74. The van der Waals surface area contributed by atoms with E-state index in [4.69, 9.17) is 14.2 Å². The van der Waals surface area contributed by atoms with Crippen molar-refractivity contribution >= 4 is 12.1 Å². The summed E-state index contributed by atoms with van der Waals surface area (Å²) in [5, 5.41) is 43.2. The van der Waals surface area contributed by atoms with Crippen molar-refractivity contribution in [1.82, 2.24) is 9.80 Å². The van der Waals surface area contributed by atoms with Crippen molar-refractivity contribution in [2.45, 2.75) is 140 Å². The van der Waals surface area contributed by atoms with Crippen LogP contribution in [0.15, 0.2) is 36.0 Å². The Morgan fingerprint density at radius 1 is 1.28 bits per heavy atom. The number of likely N-dealkylation sites (N-methyl/N-ethyl adjacent to an activating group) is 1. The number of amides is 1. The summed E-state index contributed by atoms with van der Waals surface area (Å²) in [6, 6.07) is 0.398. The van der Waals surface area contributed by atoms with Gasteiger partial charge in [0.25, 0.3) is 0 Å². The molecule has 2 bridgehead atoms. The third kappa shape index (κ3) is 9.20. The Bertz CT molecular complexity index is 1160. The number of esters is 1. The molecule has 3 fully saturated rings. The molecular weight excluding hydrogens is 592 g/mol. The number of aliphatic hydroxyl groups excluding tert-OH is 2. The van der Waals surface area contributed by atoms with Gasteiger partial charge in [0.1, 0.15) is 11.7 Å². The third-order valence-electron chi connectivity index (χ3n) is 10.3. The molecule has 10 unspecified atom stereocenters. The van der Waals surface area contributed by atoms with Gasteiger partial charge in [0, 0.05) is 43.4 Å². The highest BCUT2D eigenvalue weighted by molar-refractivity contribution is 5.70. The van der Waals surface area contributed by atoms with E-state index in [0.29, 0.717) is 31.0 Å². The highest BCUT2D eigenvalue weighted by Gasteiger charge is 2.48. The zero-order chi connectivity index (χ0) is 34.0. The topological polar surface area (TPSA) is 153 Å². The normalized spacial score (nSPS) is 39.2. The molecule has 11 heteroatoms. The van der Waals surface area contributed by atoms with Crippen molar-refractivity contribution < 1.29 is 44.2 Å². The monoisotopic (exact) mass is 648 g/mol. The molecule has 260 valence electrons. The van der Waals surface area contributed by atoms with E-state index in [1.165, 1.54) is 0 Å². The number of allylic oxidation sites excluding steroid dienone is 2. The number of rotatable bonds is 9. The van der Waals surface area contributed by atoms with Crippen LogP contribution in [0.2, 0.25) is 0 Å². The summed E-state index contributed by atoms with van der Waals surface area (Å²) in [4.78, 5) is 30.1. The van der Waals surface area contributed by atoms with Crippen molar-refractivity contribution in [3.05, 3.63) is 36.0 Å². The predicted molar refractivity (Wildman–Crippen MR) is 173 cm³/mol. The Hall–Kier alpha value is -2.28. The Kier molecular flexibility index (Phi) is 11.8. The van der Waals surface area contributed by atoms with Crippen LogP contribution in [0.3, 0.4) is 0 Å². The second-order valence-electron chi connectivity index (χ2n) is 14.7. The first-order chi connectivity index (χ1) is 21.5. The van der Waals surface area contributed by atoms with Crippen LogP contribution in [-0.2, 0) is 19.0 Å². The summed E-state index contributed by atoms with van der Waals surface area (Å²) in [5.74, 6) is -0.935. The Balaban J connectivity index is 1.46. The first kappa shape index (κ1) is 36.6. The lowest BCUT2D eigenvalue weighted by molar-refractivity contribution is -0.151. The smallest absolute Gasteiger partial charge is 0.410 e. The van der Waals surface area contributed by atoms with E-state index in [-0.39, 0.29) is 49.3 Å². The number of fused-ring (bicyclic) bond motifs is 2. The van der Waals surface area contributed by atoms with Gasteiger partial charge in [-0.25, -0.2) is 4.79 Å². The van der Waals surface area contributed by atoms with Crippen molar-refractivity contribution in [2.24, 2.45) is 11.8 Å². The standard InChI is InChI=1S/C35H56N2O9/c1-8-27(39)23(4)32-28(44-32)18-34(5,42)14-9-10-21(2)31-22(3)11-12-29(35(6,43)15-13-26(38)17-30(40)46-31)45-33(41)37-20-24-16-25(37)19-36(24)7/h9-12,14,22-29,31-32,38-39,42-43H,8,13,15-20H2,1-7H3/b12-11+,14-9+,21-10+/t22?,23?,24-,25-,26?,27?,28?,29?,31?,32?,34?,35?/m1/s1. The summed E-state index contributed by atoms with van der Waals surface area (Å²) in [7, 11) is 2.05. The minimum Gasteiger partial charge on any atom is -0.457 e.